The number of hydrogen-bond acceptors (Lipinski definition) is 6. The molecule has 1 aromatic carbocycles. The third-order valence-electron chi connectivity index (χ3n) is 2.69. The number of amides is 1. The van der Waals surface area contributed by atoms with E-state index in [1.54, 1.807) is 0 Å². The van der Waals surface area contributed by atoms with Crippen molar-refractivity contribution in [1.82, 2.24) is 0 Å². The smallest absolute Gasteiger partial charge is 0.293 e. The Morgan fingerprint density at radius 2 is 2.20 bits per heavy atom. The molecule has 1 unspecified atom stereocenters. The molecule has 1 atom stereocenters. The molecule has 1 aromatic rings. The van der Waals surface area contributed by atoms with Crippen LogP contribution < -0.4 is 11.1 Å². The summed E-state index contributed by atoms with van der Waals surface area (Å²) in [6, 6.07) is 4.01. The minimum absolute atomic E-state index is 0.0856. The van der Waals surface area contributed by atoms with E-state index in [1.807, 2.05) is 0 Å². The SMILES string of the molecule is COCC(CNc1ccc(C(N)=O)cc1[N+](=O)[O-])OC. The molecule has 8 nitrogen and oxygen atoms in total. The average molecular weight is 283 g/mol. The number of nitro groups is 1. The Hall–Kier alpha value is -2.19. The Balaban J connectivity index is 2.89. The second kappa shape index (κ2) is 7.41. The van der Waals surface area contributed by atoms with Crippen molar-refractivity contribution in [3.8, 4) is 0 Å². The van der Waals surface area contributed by atoms with E-state index in [2.05, 4.69) is 5.32 Å². The van der Waals surface area contributed by atoms with Gasteiger partial charge in [-0.15, -0.1) is 0 Å². The van der Waals surface area contributed by atoms with Gasteiger partial charge in [0.15, 0.2) is 0 Å². The number of methoxy groups -OCH3 is 2. The Morgan fingerprint density at radius 1 is 1.50 bits per heavy atom. The highest BCUT2D eigenvalue weighted by atomic mass is 16.6. The second-order valence-electron chi connectivity index (χ2n) is 4.05. The van der Waals surface area contributed by atoms with Crippen LogP contribution in [0.25, 0.3) is 0 Å². The Bertz CT molecular complexity index is 492. The number of anilines is 1. The van der Waals surface area contributed by atoms with Crippen molar-refractivity contribution < 1.29 is 19.2 Å². The normalized spacial score (nSPS) is 11.9. The number of benzene rings is 1. The van der Waals surface area contributed by atoms with E-state index in [-0.39, 0.29) is 23.0 Å². The number of ether oxygens (including phenoxy) is 2. The lowest BCUT2D eigenvalue weighted by atomic mass is 10.1. The van der Waals surface area contributed by atoms with Crippen LogP contribution in [0.1, 0.15) is 10.4 Å². The van der Waals surface area contributed by atoms with E-state index in [1.165, 1.54) is 26.4 Å². The first-order valence-corrected chi connectivity index (χ1v) is 5.83. The molecule has 110 valence electrons. The first-order chi connectivity index (χ1) is 9.49. The fourth-order valence-electron chi connectivity index (χ4n) is 1.61. The minimum Gasteiger partial charge on any atom is -0.382 e. The van der Waals surface area contributed by atoms with E-state index in [9.17, 15) is 14.9 Å². The predicted octanol–water partition coefficient (Wildman–Crippen LogP) is 0.767. The fraction of sp³-hybridized carbons (Fsp3) is 0.417. The lowest BCUT2D eigenvalue weighted by Crippen LogP contribution is -2.26. The summed E-state index contributed by atoms with van der Waals surface area (Å²) in [5, 5.41) is 13.9. The molecule has 8 heteroatoms. The van der Waals surface area contributed by atoms with Gasteiger partial charge in [-0.25, -0.2) is 0 Å². The van der Waals surface area contributed by atoms with Crippen molar-refractivity contribution in [3.63, 3.8) is 0 Å². The van der Waals surface area contributed by atoms with Gasteiger partial charge in [0.25, 0.3) is 5.69 Å². The van der Waals surface area contributed by atoms with Crippen LogP contribution in [-0.4, -0.2) is 44.3 Å². The van der Waals surface area contributed by atoms with Crippen molar-refractivity contribution in [2.75, 3.05) is 32.7 Å². The van der Waals surface area contributed by atoms with Crippen LogP contribution in [0.15, 0.2) is 18.2 Å². The van der Waals surface area contributed by atoms with Gasteiger partial charge >= 0.3 is 0 Å². The molecule has 0 fully saturated rings. The highest BCUT2D eigenvalue weighted by molar-refractivity contribution is 5.94. The van der Waals surface area contributed by atoms with Gasteiger partial charge in [-0.1, -0.05) is 0 Å². The van der Waals surface area contributed by atoms with Gasteiger partial charge in [0.05, 0.1) is 17.6 Å². The maximum Gasteiger partial charge on any atom is 0.293 e. The molecular formula is C12H17N3O5. The van der Waals surface area contributed by atoms with E-state index in [0.29, 0.717) is 13.2 Å². The molecule has 0 aliphatic heterocycles. The number of carbonyl (C=O) groups excluding carboxylic acids is 1. The average Bonchev–Trinajstić information content (AvgIpc) is 2.42. The van der Waals surface area contributed by atoms with Gasteiger partial charge in [-0.05, 0) is 12.1 Å². The van der Waals surface area contributed by atoms with Crippen LogP contribution in [0.4, 0.5) is 11.4 Å². The molecule has 0 radical (unpaired) electrons. The molecule has 0 bridgehead atoms. The summed E-state index contributed by atoms with van der Waals surface area (Å²) in [5.41, 5.74) is 5.26. The van der Waals surface area contributed by atoms with E-state index < -0.39 is 10.8 Å². The molecule has 1 rings (SSSR count). The first-order valence-electron chi connectivity index (χ1n) is 5.83. The number of nitrogens with one attached hydrogen (secondary N) is 1. The Kier molecular flexibility index (Phi) is 5.88. The molecule has 0 saturated carbocycles. The van der Waals surface area contributed by atoms with Gasteiger partial charge in [0.2, 0.25) is 5.91 Å². The number of hydrogen-bond donors (Lipinski definition) is 2. The molecular weight excluding hydrogens is 266 g/mol. The highest BCUT2D eigenvalue weighted by Gasteiger charge is 2.17. The largest absolute Gasteiger partial charge is 0.382 e. The van der Waals surface area contributed by atoms with E-state index in [4.69, 9.17) is 15.2 Å². The van der Waals surface area contributed by atoms with Crippen LogP contribution in [0, 0.1) is 10.1 Å². The minimum atomic E-state index is -0.714. The summed E-state index contributed by atoms with van der Waals surface area (Å²) in [6.45, 7) is 0.692. The maximum atomic E-state index is 11.0. The zero-order valence-electron chi connectivity index (χ0n) is 11.3. The number of nitrogens with zero attached hydrogens (tertiary/aromatic N) is 1. The molecule has 0 aromatic heterocycles. The van der Waals surface area contributed by atoms with Gasteiger partial charge in [0, 0.05) is 32.4 Å². The van der Waals surface area contributed by atoms with Crippen LogP contribution in [-0.2, 0) is 9.47 Å². The second-order valence-corrected chi connectivity index (χ2v) is 4.05. The molecule has 0 heterocycles. The maximum absolute atomic E-state index is 11.0. The van der Waals surface area contributed by atoms with E-state index >= 15 is 0 Å². The van der Waals surface area contributed by atoms with E-state index in [0.717, 1.165) is 6.07 Å². The topological polar surface area (TPSA) is 117 Å². The first kappa shape index (κ1) is 15.9. The predicted molar refractivity (Wildman–Crippen MR) is 72.8 cm³/mol. The molecule has 20 heavy (non-hydrogen) atoms. The molecule has 0 aliphatic rings. The van der Waals surface area contributed by atoms with Crippen molar-refractivity contribution >= 4 is 17.3 Å². The zero-order chi connectivity index (χ0) is 15.1. The summed E-state index contributed by atoms with van der Waals surface area (Å²) in [6.07, 6.45) is -0.240. The van der Waals surface area contributed by atoms with Gasteiger partial charge in [0.1, 0.15) is 5.69 Å². The summed E-state index contributed by atoms with van der Waals surface area (Å²) in [5.74, 6) is -0.714. The monoisotopic (exact) mass is 283 g/mol. The van der Waals surface area contributed by atoms with Crippen molar-refractivity contribution in [3.05, 3.63) is 33.9 Å². The lowest BCUT2D eigenvalue weighted by Gasteiger charge is -2.16. The third-order valence-corrected chi connectivity index (χ3v) is 2.69. The molecule has 1 amide bonds. The van der Waals surface area contributed by atoms with Crippen LogP contribution in [0.5, 0.6) is 0 Å². The van der Waals surface area contributed by atoms with Crippen molar-refractivity contribution in [2.45, 2.75) is 6.10 Å². The van der Waals surface area contributed by atoms with Gasteiger partial charge < -0.3 is 20.5 Å². The summed E-state index contributed by atoms with van der Waals surface area (Å²) >= 11 is 0. The quantitative estimate of drug-likeness (QED) is 0.537. The molecule has 0 saturated heterocycles. The van der Waals surface area contributed by atoms with Crippen molar-refractivity contribution in [2.24, 2.45) is 5.73 Å². The standard InChI is InChI=1S/C12H17N3O5/c1-19-7-9(20-2)6-14-10-4-3-8(12(13)16)5-11(10)15(17)18/h3-5,9,14H,6-7H2,1-2H3,(H2,13,16). The van der Waals surface area contributed by atoms with Crippen molar-refractivity contribution in [1.29, 1.82) is 0 Å². The number of primary amides is 1. The Labute approximate surface area is 116 Å². The van der Waals surface area contributed by atoms with Crippen LogP contribution >= 0.6 is 0 Å². The lowest BCUT2D eigenvalue weighted by molar-refractivity contribution is -0.384. The highest BCUT2D eigenvalue weighted by Crippen LogP contribution is 2.25. The fourth-order valence-corrected chi connectivity index (χ4v) is 1.61. The van der Waals surface area contributed by atoms with Gasteiger partial charge in [-0.3, -0.25) is 14.9 Å². The third kappa shape index (κ3) is 4.18. The zero-order valence-corrected chi connectivity index (χ0v) is 11.3. The summed E-state index contributed by atoms with van der Waals surface area (Å²) < 4.78 is 10.1. The number of carbonyl (C=O) groups is 1. The Morgan fingerprint density at radius 3 is 2.70 bits per heavy atom. The number of nitro benzene ring substituents is 1. The summed E-state index contributed by atoms with van der Waals surface area (Å²) in [4.78, 5) is 21.4. The van der Waals surface area contributed by atoms with Crippen LogP contribution in [0.2, 0.25) is 0 Å². The summed E-state index contributed by atoms with van der Waals surface area (Å²) in [7, 11) is 3.06. The number of rotatable bonds is 8. The molecule has 3 N–H and O–H groups in total. The molecule has 0 aliphatic carbocycles. The molecule has 0 spiro atoms. The van der Waals surface area contributed by atoms with Gasteiger partial charge in [-0.2, -0.15) is 0 Å². The van der Waals surface area contributed by atoms with Crippen LogP contribution in [0.3, 0.4) is 0 Å². The number of nitrogens with two attached hydrogens (primary N) is 1.